The van der Waals surface area contributed by atoms with Gasteiger partial charge < -0.3 is 14.8 Å². The van der Waals surface area contributed by atoms with Gasteiger partial charge in [0.25, 0.3) is 5.91 Å². The van der Waals surface area contributed by atoms with Crippen LogP contribution in [0.2, 0.25) is 0 Å². The highest BCUT2D eigenvalue weighted by Gasteiger charge is 2.12. The number of ether oxygens (including phenoxy) is 2. The van der Waals surface area contributed by atoms with E-state index in [-0.39, 0.29) is 5.91 Å². The van der Waals surface area contributed by atoms with Crippen LogP contribution in [-0.4, -0.2) is 18.8 Å². The average molecular weight is 408 g/mol. The van der Waals surface area contributed by atoms with Crippen molar-refractivity contribution >= 4 is 23.4 Å². The van der Waals surface area contributed by atoms with E-state index in [0.29, 0.717) is 25.4 Å². The van der Waals surface area contributed by atoms with Crippen LogP contribution < -0.4 is 10.1 Å². The van der Waals surface area contributed by atoms with E-state index in [2.05, 4.69) is 5.32 Å². The van der Waals surface area contributed by atoms with Gasteiger partial charge in [-0.3, -0.25) is 4.79 Å². The number of hydrogen-bond acceptors (Lipinski definition) is 4. The molecule has 0 aliphatic carbocycles. The second kappa shape index (κ2) is 10.7. The summed E-state index contributed by atoms with van der Waals surface area (Å²) in [6.45, 7) is 3.37. The number of rotatable bonds is 9. The molecule has 150 valence electrons. The van der Waals surface area contributed by atoms with Crippen molar-refractivity contribution in [3.63, 3.8) is 0 Å². The minimum absolute atomic E-state index is 0.157. The summed E-state index contributed by atoms with van der Waals surface area (Å²) >= 11 is 1.64. The zero-order valence-corrected chi connectivity index (χ0v) is 17.5. The second-order valence-electron chi connectivity index (χ2n) is 6.42. The minimum atomic E-state index is -0.157. The molecule has 0 unspecified atom stereocenters. The summed E-state index contributed by atoms with van der Waals surface area (Å²) in [4.78, 5) is 13.8. The van der Waals surface area contributed by atoms with Crippen LogP contribution in [0.15, 0.2) is 77.7 Å². The van der Waals surface area contributed by atoms with E-state index in [1.165, 1.54) is 0 Å². The molecule has 0 aliphatic heterocycles. The van der Waals surface area contributed by atoms with Gasteiger partial charge in [0.2, 0.25) is 0 Å². The monoisotopic (exact) mass is 407 g/mol. The normalized spacial score (nSPS) is 10.6. The fourth-order valence-corrected chi connectivity index (χ4v) is 3.35. The number of nitrogens with one attached hydrogen (secondary N) is 1. The molecule has 0 fully saturated rings. The summed E-state index contributed by atoms with van der Waals surface area (Å²) in [7, 11) is 0. The number of benzene rings is 3. The first kappa shape index (κ1) is 21.0. The molecule has 0 saturated heterocycles. The molecule has 4 nitrogen and oxygen atoms in total. The number of carbonyl (C=O) groups is 1. The highest BCUT2D eigenvalue weighted by Crippen LogP contribution is 2.24. The lowest BCUT2D eigenvalue weighted by molar-refractivity contribution is 0.101. The topological polar surface area (TPSA) is 47.6 Å². The zero-order chi connectivity index (χ0) is 20.5. The van der Waals surface area contributed by atoms with Crippen molar-refractivity contribution in [2.75, 3.05) is 18.2 Å². The predicted octanol–water partition coefficient (Wildman–Crippen LogP) is 5.78. The first-order valence-corrected chi connectivity index (χ1v) is 10.7. The lowest BCUT2D eigenvalue weighted by atomic mass is 10.1. The van der Waals surface area contributed by atoms with Crippen LogP contribution in [-0.2, 0) is 18.0 Å². The quantitative estimate of drug-likeness (QED) is 0.457. The van der Waals surface area contributed by atoms with Crippen LogP contribution in [0.4, 0.5) is 5.69 Å². The molecule has 3 aromatic rings. The third-order valence-electron chi connectivity index (χ3n) is 4.32. The second-order valence-corrected chi connectivity index (χ2v) is 7.30. The van der Waals surface area contributed by atoms with Crippen LogP contribution in [0.1, 0.15) is 28.4 Å². The number of anilines is 1. The van der Waals surface area contributed by atoms with Gasteiger partial charge in [-0.1, -0.05) is 36.4 Å². The molecular formula is C24H25NO3S. The van der Waals surface area contributed by atoms with Crippen molar-refractivity contribution in [2.45, 2.75) is 25.0 Å². The molecule has 0 atom stereocenters. The Morgan fingerprint density at radius 1 is 0.966 bits per heavy atom. The Hall–Kier alpha value is -2.76. The Kier molecular flexibility index (Phi) is 7.73. The van der Waals surface area contributed by atoms with Crippen LogP contribution in [0.5, 0.6) is 5.75 Å². The summed E-state index contributed by atoms with van der Waals surface area (Å²) in [6.07, 6.45) is 2.01. The van der Waals surface area contributed by atoms with Gasteiger partial charge in [-0.15, -0.1) is 11.8 Å². The molecule has 0 aliphatic rings. The maximum absolute atomic E-state index is 12.7. The van der Waals surface area contributed by atoms with E-state index >= 15 is 0 Å². The Morgan fingerprint density at radius 3 is 2.55 bits per heavy atom. The summed E-state index contributed by atoms with van der Waals surface area (Å²) in [5.41, 5.74) is 3.31. The molecule has 0 spiro atoms. The summed E-state index contributed by atoms with van der Waals surface area (Å²) in [6, 6.07) is 23.2. The standard InChI is InChI=1S/C24H25NO3S/c1-3-28-23-13-12-19(24(26)25-21-10-7-11-22(15-21)29-2)14-20(23)17-27-16-18-8-5-4-6-9-18/h4-15H,3,16-17H2,1-2H3,(H,25,26). The van der Waals surface area contributed by atoms with E-state index in [1.54, 1.807) is 17.8 Å². The van der Waals surface area contributed by atoms with Crippen molar-refractivity contribution in [3.8, 4) is 5.75 Å². The molecule has 3 aromatic carbocycles. The highest BCUT2D eigenvalue weighted by atomic mass is 32.2. The summed E-state index contributed by atoms with van der Waals surface area (Å²) in [5, 5.41) is 2.96. The molecule has 3 rings (SSSR count). The van der Waals surface area contributed by atoms with Crippen molar-refractivity contribution in [3.05, 3.63) is 89.5 Å². The third kappa shape index (κ3) is 6.11. The van der Waals surface area contributed by atoms with Gasteiger partial charge in [-0.25, -0.2) is 0 Å². The van der Waals surface area contributed by atoms with E-state index in [9.17, 15) is 4.79 Å². The number of thioether (sulfide) groups is 1. The molecule has 29 heavy (non-hydrogen) atoms. The Morgan fingerprint density at radius 2 is 1.79 bits per heavy atom. The fraction of sp³-hybridized carbons (Fsp3) is 0.208. The van der Waals surface area contributed by atoms with Gasteiger partial charge in [0.1, 0.15) is 5.75 Å². The van der Waals surface area contributed by atoms with Crippen LogP contribution in [0, 0.1) is 0 Å². The van der Waals surface area contributed by atoms with Gasteiger partial charge in [0, 0.05) is 21.7 Å². The number of carbonyl (C=O) groups excluding carboxylic acids is 1. The lowest BCUT2D eigenvalue weighted by Gasteiger charge is -2.13. The van der Waals surface area contributed by atoms with E-state index < -0.39 is 0 Å². The van der Waals surface area contributed by atoms with E-state index in [1.807, 2.05) is 79.9 Å². The Balaban J connectivity index is 1.71. The molecule has 1 N–H and O–H groups in total. The summed E-state index contributed by atoms with van der Waals surface area (Å²) in [5.74, 6) is 0.581. The van der Waals surface area contributed by atoms with Crippen molar-refractivity contribution in [1.82, 2.24) is 0 Å². The largest absolute Gasteiger partial charge is 0.494 e. The van der Waals surface area contributed by atoms with Gasteiger partial charge in [0.15, 0.2) is 0 Å². The smallest absolute Gasteiger partial charge is 0.255 e. The maximum Gasteiger partial charge on any atom is 0.255 e. The van der Waals surface area contributed by atoms with Crippen molar-refractivity contribution in [2.24, 2.45) is 0 Å². The molecule has 0 radical (unpaired) electrons. The Labute approximate surface area is 176 Å². The first-order chi connectivity index (χ1) is 14.2. The molecule has 5 heteroatoms. The SMILES string of the molecule is CCOc1ccc(C(=O)Nc2cccc(SC)c2)cc1COCc1ccccc1. The molecule has 0 bridgehead atoms. The van der Waals surface area contributed by atoms with Crippen LogP contribution in [0.25, 0.3) is 0 Å². The van der Waals surface area contributed by atoms with Gasteiger partial charge >= 0.3 is 0 Å². The highest BCUT2D eigenvalue weighted by molar-refractivity contribution is 7.98. The molecule has 0 aromatic heterocycles. The molecular weight excluding hydrogens is 382 g/mol. The lowest BCUT2D eigenvalue weighted by Crippen LogP contribution is -2.13. The van der Waals surface area contributed by atoms with Crippen molar-refractivity contribution in [1.29, 1.82) is 0 Å². The first-order valence-electron chi connectivity index (χ1n) is 9.52. The van der Waals surface area contributed by atoms with Crippen LogP contribution >= 0.6 is 11.8 Å². The molecule has 1 amide bonds. The maximum atomic E-state index is 12.7. The van der Waals surface area contributed by atoms with Crippen molar-refractivity contribution < 1.29 is 14.3 Å². The van der Waals surface area contributed by atoms with E-state index in [0.717, 1.165) is 27.5 Å². The average Bonchev–Trinajstić information content (AvgIpc) is 2.76. The van der Waals surface area contributed by atoms with Gasteiger partial charge in [0.05, 0.1) is 19.8 Å². The zero-order valence-electron chi connectivity index (χ0n) is 16.7. The third-order valence-corrected chi connectivity index (χ3v) is 5.04. The van der Waals surface area contributed by atoms with Crippen LogP contribution in [0.3, 0.4) is 0 Å². The molecule has 0 heterocycles. The predicted molar refractivity (Wildman–Crippen MR) is 119 cm³/mol. The van der Waals surface area contributed by atoms with Gasteiger partial charge in [-0.2, -0.15) is 0 Å². The molecule has 0 saturated carbocycles. The summed E-state index contributed by atoms with van der Waals surface area (Å²) < 4.78 is 11.6. The Bertz CT molecular complexity index is 944. The minimum Gasteiger partial charge on any atom is -0.494 e. The fourth-order valence-electron chi connectivity index (χ4n) is 2.89. The number of hydrogen-bond donors (Lipinski definition) is 1. The number of amides is 1. The van der Waals surface area contributed by atoms with E-state index in [4.69, 9.17) is 9.47 Å². The van der Waals surface area contributed by atoms with Gasteiger partial charge in [-0.05, 0) is 55.1 Å².